The Bertz CT molecular complexity index is 557. The SMILES string of the molecule is Cc1ccc(NC(=O)NC(=O)C[NH+]2CCCC[C@@H]2C)c(C)c1. The Morgan fingerprint density at radius 1 is 1.27 bits per heavy atom. The maximum absolute atomic E-state index is 12.0. The van der Waals surface area contributed by atoms with Gasteiger partial charge in [-0.25, -0.2) is 4.79 Å². The van der Waals surface area contributed by atoms with Crippen LogP contribution in [-0.4, -0.2) is 31.1 Å². The second-order valence-corrected chi connectivity index (χ2v) is 6.30. The van der Waals surface area contributed by atoms with Crippen molar-refractivity contribution in [1.29, 1.82) is 0 Å². The molecule has 1 aliphatic heterocycles. The monoisotopic (exact) mass is 304 g/mol. The molecule has 0 bridgehead atoms. The van der Waals surface area contributed by atoms with Crippen molar-refractivity contribution in [3.8, 4) is 0 Å². The van der Waals surface area contributed by atoms with E-state index in [2.05, 4.69) is 17.6 Å². The zero-order valence-electron chi connectivity index (χ0n) is 13.7. The molecule has 0 saturated carbocycles. The van der Waals surface area contributed by atoms with Gasteiger partial charge in [-0.15, -0.1) is 0 Å². The molecule has 5 heteroatoms. The van der Waals surface area contributed by atoms with Crippen molar-refractivity contribution in [3.63, 3.8) is 0 Å². The molecule has 120 valence electrons. The number of nitrogens with one attached hydrogen (secondary N) is 3. The Balaban J connectivity index is 1.84. The zero-order valence-corrected chi connectivity index (χ0v) is 13.7. The first-order valence-corrected chi connectivity index (χ1v) is 7.98. The molecular formula is C17H26N3O2+. The summed E-state index contributed by atoms with van der Waals surface area (Å²) in [6.45, 7) is 7.47. The summed E-state index contributed by atoms with van der Waals surface area (Å²) in [6.07, 6.45) is 3.54. The molecule has 0 spiro atoms. The Kier molecular flexibility index (Phi) is 5.55. The Morgan fingerprint density at radius 2 is 2.05 bits per heavy atom. The van der Waals surface area contributed by atoms with Gasteiger partial charge in [-0.05, 0) is 51.7 Å². The number of rotatable bonds is 3. The van der Waals surface area contributed by atoms with Crippen LogP contribution in [-0.2, 0) is 4.79 Å². The normalized spacial score (nSPS) is 21.2. The molecule has 5 nitrogen and oxygen atoms in total. The maximum atomic E-state index is 12.0. The van der Waals surface area contributed by atoms with Crippen LogP contribution in [0.3, 0.4) is 0 Å². The fourth-order valence-corrected chi connectivity index (χ4v) is 3.00. The highest BCUT2D eigenvalue weighted by Gasteiger charge is 2.24. The van der Waals surface area contributed by atoms with Crippen LogP contribution >= 0.6 is 0 Å². The lowest BCUT2D eigenvalue weighted by Gasteiger charge is -2.29. The summed E-state index contributed by atoms with van der Waals surface area (Å²) in [7, 11) is 0. The number of carbonyl (C=O) groups is 2. The number of carbonyl (C=O) groups excluding carboxylic acids is 2. The molecule has 3 amide bonds. The van der Waals surface area contributed by atoms with Gasteiger partial charge in [0, 0.05) is 5.69 Å². The molecule has 22 heavy (non-hydrogen) atoms. The van der Waals surface area contributed by atoms with Gasteiger partial charge in [0.15, 0.2) is 6.54 Å². The van der Waals surface area contributed by atoms with Crippen LogP contribution in [0.25, 0.3) is 0 Å². The molecule has 0 aromatic heterocycles. The molecular weight excluding hydrogens is 278 g/mol. The third-order valence-corrected chi connectivity index (χ3v) is 4.35. The molecule has 1 heterocycles. The van der Waals surface area contributed by atoms with Crippen LogP contribution in [0, 0.1) is 13.8 Å². The minimum atomic E-state index is -0.457. The molecule has 3 N–H and O–H groups in total. The summed E-state index contributed by atoms with van der Waals surface area (Å²) in [5, 5.41) is 5.16. The van der Waals surface area contributed by atoms with Crippen molar-refractivity contribution < 1.29 is 14.5 Å². The van der Waals surface area contributed by atoms with Crippen molar-refractivity contribution in [3.05, 3.63) is 29.3 Å². The summed E-state index contributed by atoms with van der Waals surface area (Å²) < 4.78 is 0. The lowest BCUT2D eigenvalue weighted by Crippen LogP contribution is -3.17. The highest BCUT2D eigenvalue weighted by Crippen LogP contribution is 2.15. The number of quaternary nitrogens is 1. The van der Waals surface area contributed by atoms with Crippen LogP contribution in [0.4, 0.5) is 10.5 Å². The van der Waals surface area contributed by atoms with Crippen LogP contribution < -0.4 is 15.5 Å². The van der Waals surface area contributed by atoms with E-state index in [1.54, 1.807) is 0 Å². The van der Waals surface area contributed by atoms with E-state index in [1.165, 1.54) is 11.3 Å². The average molecular weight is 304 g/mol. The number of imide groups is 1. The van der Waals surface area contributed by atoms with Crippen molar-refractivity contribution in [1.82, 2.24) is 5.32 Å². The smallest absolute Gasteiger partial charge is 0.325 e. The quantitative estimate of drug-likeness (QED) is 0.790. The van der Waals surface area contributed by atoms with Gasteiger partial charge in [-0.1, -0.05) is 17.7 Å². The topological polar surface area (TPSA) is 62.6 Å². The molecule has 1 saturated heterocycles. The van der Waals surface area contributed by atoms with Crippen LogP contribution in [0.1, 0.15) is 37.3 Å². The predicted octanol–water partition coefficient (Wildman–Crippen LogP) is 1.41. The van der Waals surface area contributed by atoms with Crippen molar-refractivity contribution in [2.45, 2.75) is 46.1 Å². The molecule has 2 rings (SSSR count). The number of hydrogen-bond donors (Lipinski definition) is 3. The minimum Gasteiger partial charge on any atom is -0.325 e. The largest absolute Gasteiger partial charge is 0.326 e. The van der Waals surface area contributed by atoms with Gasteiger partial charge >= 0.3 is 6.03 Å². The van der Waals surface area contributed by atoms with Gasteiger partial charge in [0.2, 0.25) is 0 Å². The number of piperidine rings is 1. The number of benzene rings is 1. The van der Waals surface area contributed by atoms with E-state index < -0.39 is 6.03 Å². The van der Waals surface area contributed by atoms with Gasteiger partial charge in [-0.3, -0.25) is 10.1 Å². The van der Waals surface area contributed by atoms with Gasteiger partial charge in [0.05, 0.1) is 12.6 Å². The predicted molar refractivity (Wildman–Crippen MR) is 87.1 cm³/mol. The van der Waals surface area contributed by atoms with Crippen LogP contribution in [0.15, 0.2) is 18.2 Å². The summed E-state index contributed by atoms with van der Waals surface area (Å²) in [5.74, 6) is -0.217. The van der Waals surface area contributed by atoms with Crippen LogP contribution in [0.5, 0.6) is 0 Å². The summed E-state index contributed by atoms with van der Waals surface area (Å²) in [6, 6.07) is 5.82. The number of urea groups is 1. The Hall–Kier alpha value is -1.88. The lowest BCUT2D eigenvalue weighted by molar-refractivity contribution is -0.920. The molecule has 2 atom stereocenters. The lowest BCUT2D eigenvalue weighted by atomic mass is 10.0. The third kappa shape index (κ3) is 4.56. The molecule has 1 aromatic carbocycles. The Morgan fingerprint density at radius 3 is 2.73 bits per heavy atom. The first-order chi connectivity index (χ1) is 10.5. The van der Waals surface area contributed by atoms with Crippen molar-refractivity contribution in [2.75, 3.05) is 18.4 Å². The van der Waals surface area contributed by atoms with E-state index in [0.29, 0.717) is 12.6 Å². The van der Waals surface area contributed by atoms with Crippen LogP contribution in [0.2, 0.25) is 0 Å². The standard InChI is InChI=1S/C17H25N3O2/c1-12-7-8-15(13(2)10-12)18-17(22)19-16(21)11-20-9-5-4-6-14(20)3/h7-8,10,14H,4-6,9,11H2,1-3H3,(H2,18,19,21,22)/p+1/t14-/m0/s1. The second-order valence-electron chi connectivity index (χ2n) is 6.30. The first-order valence-electron chi connectivity index (χ1n) is 7.98. The van der Waals surface area contributed by atoms with E-state index >= 15 is 0 Å². The number of likely N-dealkylation sites (tertiary alicyclic amines) is 1. The first kappa shape index (κ1) is 16.5. The summed E-state index contributed by atoms with van der Waals surface area (Å²) in [4.78, 5) is 25.2. The molecule has 0 radical (unpaired) electrons. The molecule has 1 aromatic rings. The number of aryl methyl sites for hydroxylation is 2. The highest BCUT2D eigenvalue weighted by atomic mass is 16.2. The number of amides is 3. The van der Waals surface area contributed by atoms with Crippen molar-refractivity contribution in [2.24, 2.45) is 0 Å². The minimum absolute atomic E-state index is 0.217. The number of hydrogen-bond acceptors (Lipinski definition) is 2. The maximum Gasteiger partial charge on any atom is 0.326 e. The fraction of sp³-hybridized carbons (Fsp3) is 0.529. The molecule has 1 fully saturated rings. The fourth-order valence-electron chi connectivity index (χ4n) is 3.00. The van der Waals surface area contributed by atoms with Gasteiger partial charge in [0.25, 0.3) is 5.91 Å². The van der Waals surface area contributed by atoms with E-state index in [4.69, 9.17) is 0 Å². The summed E-state index contributed by atoms with van der Waals surface area (Å²) >= 11 is 0. The average Bonchev–Trinajstić information content (AvgIpc) is 2.44. The van der Waals surface area contributed by atoms with Gasteiger partial charge in [-0.2, -0.15) is 0 Å². The van der Waals surface area contributed by atoms with Crippen molar-refractivity contribution >= 4 is 17.6 Å². The zero-order chi connectivity index (χ0) is 16.1. The van der Waals surface area contributed by atoms with Gasteiger partial charge < -0.3 is 10.2 Å². The highest BCUT2D eigenvalue weighted by molar-refractivity contribution is 6.01. The van der Waals surface area contributed by atoms with E-state index in [0.717, 1.165) is 36.2 Å². The third-order valence-electron chi connectivity index (χ3n) is 4.35. The van der Waals surface area contributed by atoms with E-state index in [-0.39, 0.29) is 5.91 Å². The van der Waals surface area contributed by atoms with Gasteiger partial charge in [0.1, 0.15) is 0 Å². The molecule has 1 unspecified atom stereocenters. The molecule has 0 aliphatic carbocycles. The summed E-state index contributed by atoms with van der Waals surface area (Å²) in [5.41, 5.74) is 2.86. The second kappa shape index (κ2) is 7.40. The Labute approximate surface area is 132 Å². The van der Waals surface area contributed by atoms with E-state index in [1.807, 2.05) is 32.0 Å². The molecule has 1 aliphatic rings. The van der Waals surface area contributed by atoms with E-state index in [9.17, 15) is 9.59 Å². The number of anilines is 1.